The first-order chi connectivity index (χ1) is 16.3. The number of halogens is 1. The molecule has 0 saturated heterocycles. The van der Waals surface area contributed by atoms with Gasteiger partial charge in [0.1, 0.15) is 11.7 Å². The van der Waals surface area contributed by atoms with Crippen molar-refractivity contribution in [1.82, 2.24) is 5.32 Å². The zero-order valence-electron chi connectivity index (χ0n) is 18.2. The molecule has 2 aromatic carbocycles. The van der Waals surface area contributed by atoms with Crippen LogP contribution < -0.4 is 10.1 Å². The van der Waals surface area contributed by atoms with Crippen LogP contribution in [0.2, 0.25) is 5.02 Å². The monoisotopic (exact) mass is 501 g/mol. The van der Waals surface area contributed by atoms with Gasteiger partial charge in [0.15, 0.2) is 0 Å². The molecule has 1 aliphatic rings. The third kappa shape index (κ3) is 5.32. The molecule has 0 unspecified atom stereocenters. The lowest BCUT2D eigenvalue weighted by molar-refractivity contribution is -0.384. The minimum Gasteiger partial charge on any atom is -0.492 e. The minimum absolute atomic E-state index is 0.0370. The van der Waals surface area contributed by atoms with Gasteiger partial charge in [-0.25, -0.2) is 0 Å². The standard InChI is InChI=1S/C23H20ClN3O6S/c1-3-33-18-9-6-14(10-17(18)24)19-16(11-25)22(26-21(28)20(19)23(29)32-2)34-12-13-4-7-15(8-5-13)27(30)31/h4-10,19-20H,3,12H2,1-2H3,(H,26,28)/t19-,20-/m0/s1. The molecule has 1 amide bonds. The van der Waals surface area contributed by atoms with Crippen LogP contribution in [-0.2, 0) is 20.1 Å². The largest absolute Gasteiger partial charge is 0.492 e. The number of nitro benzene ring substituents is 1. The number of hydrogen-bond acceptors (Lipinski definition) is 8. The number of hydrogen-bond donors (Lipinski definition) is 1. The first-order valence-corrected chi connectivity index (χ1v) is 11.5. The fourth-order valence-electron chi connectivity index (χ4n) is 3.53. The quantitative estimate of drug-likeness (QED) is 0.245. The molecule has 2 atom stereocenters. The molecule has 0 aliphatic carbocycles. The average molecular weight is 502 g/mol. The van der Waals surface area contributed by atoms with E-state index in [1.165, 1.54) is 31.0 Å². The molecule has 3 rings (SSSR count). The fourth-order valence-corrected chi connectivity index (χ4v) is 4.78. The van der Waals surface area contributed by atoms with Crippen LogP contribution in [0, 0.1) is 27.4 Å². The van der Waals surface area contributed by atoms with E-state index in [4.69, 9.17) is 21.1 Å². The zero-order chi connectivity index (χ0) is 24.8. The number of benzene rings is 2. The van der Waals surface area contributed by atoms with Gasteiger partial charge in [0.2, 0.25) is 5.91 Å². The highest BCUT2D eigenvalue weighted by Gasteiger charge is 2.44. The molecule has 0 aromatic heterocycles. The van der Waals surface area contributed by atoms with E-state index < -0.39 is 28.6 Å². The highest BCUT2D eigenvalue weighted by molar-refractivity contribution is 8.02. The number of carbonyl (C=O) groups is 2. The van der Waals surface area contributed by atoms with E-state index >= 15 is 0 Å². The van der Waals surface area contributed by atoms with Gasteiger partial charge in [-0.2, -0.15) is 5.26 Å². The summed E-state index contributed by atoms with van der Waals surface area (Å²) < 4.78 is 10.3. The number of amides is 1. The zero-order valence-corrected chi connectivity index (χ0v) is 19.8. The maximum Gasteiger partial charge on any atom is 0.319 e. The molecule has 0 fully saturated rings. The van der Waals surface area contributed by atoms with Gasteiger partial charge in [-0.3, -0.25) is 19.7 Å². The van der Waals surface area contributed by atoms with Crippen molar-refractivity contribution < 1.29 is 24.0 Å². The second-order valence-electron chi connectivity index (χ2n) is 7.16. The maximum atomic E-state index is 12.9. The number of nitrogens with one attached hydrogen (secondary N) is 1. The number of ether oxygens (including phenoxy) is 2. The Morgan fingerprint density at radius 2 is 2.00 bits per heavy atom. The van der Waals surface area contributed by atoms with Crippen LogP contribution in [0.5, 0.6) is 5.75 Å². The van der Waals surface area contributed by atoms with E-state index in [0.717, 1.165) is 5.56 Å². The summed E-state index contributed by atoms with van der Waals surface area (Å²) >= 11 is 7.52. The molecule has 176 valence electrons. The predicted octanol–water partition coefficient (Wildman–Crippen LogP) is 4.32. The molecule has 0 spiro atoms. The van der Waals surface area contributed by atoms with Crippen LogP contribution in [0.1, 0.15) is 24.0 Å². The fraction of sp³-hybridized carbons (Fsp3) is 0.261. The van der Waals surface area contributed by atoms with Gasteiger partial charge in [-0.15, -0.1) is 11.8 Å². The van der Waals surface area contributed by atoms with E-state index in [1.54, 1.807) is 30.3 Å². The molecule has 1 aliphatic heterocycles. The van der Waals surface area contributed by atoms with Crippen LogP contribution in [0.4, 0.5) is 5.69 Å². The number of nitriles is 1. The van der Waals surface area contributed by atoms with Crippen molar-refractivity contribution in [2.75, 3.05) is 13.7 Å². The highest BCUT2D eigenvalue weighted by Crippen LogP contribution is 2.42. The predicted molar refractivity (Wildman–Crippen MR) is 126 cm³/mol. The molecule has 0 saturated carbocycles. The van der Waals surface area contributed by atoms with Gasteiger partial charge >= 0.3 is 5.97 Å². The Hall–Kier alpha value is -3.55. The average Bonchev–Trinajstić information content (AvgIpc) is 2.83. The third-order valence-corrected chi connectivity index (χ3v) is 6.51. The Labute approximate surface area is 204 Å². The summed E-state index contributed by atoms with van der Waals surface area (Å²) in [5.41, 5.74) is 1.39. The Bertz CT molecular complexity index is 1190. The molecule has 9 nitrogen and oxygen atoms in total. The molecule has 0 radical (unpaired) electrons. The molecular weight excluding hydrogens is 482 g/mol. The Kier molecular flexibility index (Phi) is 8.15. The number of rotatable bonds is 8. The Morgan fingerprint density at radius 1 is 1.29 bits per heavy atom. The number of esters is 1. The van der Waals surface area contributed by atoms with Crippen molar-refractivity contribution >= 4 is 40.9 Å². The normalized spacial score (nSPS) is 17.5. The van der Waals surface area contributed by atoms with Gasteiger partial charge in [0.05, 0.1) is 40.3 Å². The topological polar surface area (TPSA) is 132 Å². The summed E-state index contributed by atoms with van der Waals surface area (Å²) in [5.74, 6) is -2.81. The van der Waals surface area contributed by atoms with E-state index in [1.807, 2.05) is 6.92 Å². The van der Waals surface area contributed by atoms with Crippen molar-refractivity contribution in [1.29, 1.82) is 5.26 Å². The highest BCUT2D eigenvalue weighted by atomic mass is 35.5. The van der Waals surface area contributed by atoms with Crippen molar-refractivity contribution in [3.63, 3.8) is 0 Å². The molecule has 1 N–H and O–H groups in total. The van der Waals surface area contributed by atoms with Crippen molar-refractivity contribution in [2.45, 2.75) is 18.6 Å². The number of thioether (sulfide) groups is 1. The van der Waals surface area contributed by atoms with E-state index in [-0.39, 0.29) is 16.3 Å². The van der Waals surface area contributed by atoms with Crippen LogP contribution in [0.25, 0.3) is 0 Å². The first-order valence-electron chi connectivity index (χ1n) is 10.1. The van der Waals surface area contributed by atoms with Gasteiger partial charge < -0.3 is 14.8 Å². The number of non-ortho nitro benzene ring substituents is 1. The summed E-state index contributed by atoms with van der Waals surface area (Å²) in [4.78, 5) is 35.8. The van der Waals surface area contributed by atoms with Crippen LogP contribution in [0.15, 0.2) is 53.1 Å². The van der Waals surface area contributed by atoms with Gasteiger partial charge in [0.25, 0.3) is 5.69 Å². The lowest BCUT2D eigenvalue weighted by Gasteiger charge is -2.31. The molecule has 1 heterocycles. The van der Waals surface area contributed by atoms with Gasteiger partial charge in [-0.05, 0) is 30.2 Å². The number of allylic oxidation sites excluding steroid dienone is 1. The van der Waals surface area contributed by atoms with E-state index in [9.17, 15) is 25.0 Å². The number of nitrogens with zero attached hydrogens (tertiary/aromatic N) is 2. The molecular formula is C23H20ClN3O6S. The Morgan fingerprint density at radius 3 is 2.56 bits per heavy atom. The van der Waals surface area contributed by atoms with Gasteiger partial charge in [0, 0.05) is 23.8 Å². The van der Waals surface area contributed by atoms with Crippen LogP contribution >= 0.6 is 23.4 Å². The van der Waals surface area contributed by atoms with Crippen LogP contribution in [-0.4, -0.2) is 30.5 Å². The Balaban J connectivity index is 2.00. The van der Waals surface area contributed by atoms with Gasteiger partial charge in [-0.1, -0.05) is 29.8 Å². The van der Waals surface area contributed by atoms with E-state index in [0.29, 0.717) is 28.7 Å². The second kappa shape index (κ2) is 11.0. The molecule has 2 aromatic rings. The maximum absolute atomic E-state index is 12.9. The summed E-state index contributed by atoms with van der Waals surface area (Å²) in [5, 5.41) is 24.1. The first kappa shape index (κ1) is 25.1. The van der Waals surface area contributed by atoms with Crippen molar-refractivity contribution in [3.8, 4) is 11.8 Å². The summed E-state index contributed by atoms with van der Waals surface area (Å²) in [6, 6.07) is 12.9. The van der Waals surface area contributed by atoms with Crippen molar-refractivity contribution in [3.05, 3.63) is 79.3 Å². The van der Waals surface area contributed by atoms with Crippen molar-refractivity contribution in [2.24, 2.45) is 5.92 Å². The van der Waals surface area contributed by atoms with Crippen LogP contribution in [0.3, 0.4) is 0 Å². The minimum atomic E-state index is -1.28. The molecule has 34 heavy (non-hydrogen) atoms. The summed E-state index contributed by atoms with van der Waals surface area (Å²) in [6.45, 7) is 2.22. The summed E-state index contributed by atoms with van der Waals surface area (Å²) in [6.07, 6.45) is 0. The number of methoxy groups -OCH3 is 1. The molecule has 0 bridgehead atoms. The lowest BCUT2D eigenvalue weighted by Crippen LogP contribution is -2.44. The smallest absolute Gasteiger partial charge is 0.319 e. The summed E-state index contributed by atoms with van der Waals surface area (Å²) in [7, 11) is 1.17. The van der Waals surface area contributed by atoms with E-state index in [2.05, 4.69) is 11.4 Å². The molecule has 11 heteroatoms. The lowest BCUT2D eigenvalue weighted by atomic mass is 9.78. The third-order valence-electron chi connectivity index (χ3n) is 5.13. The second-order valence-corrected chi connectivity index (χ2v) is 8.55. The number of nitro groups is 1. The SMILES string of the molecule is CCOc1ccc([C@H]2C(C#N)=C(SCc3ccc([N+](=O)[O-])cc3)NC(=O)[C@H]2C(=O)OC)cc1Cl. The number of carbonyl (C=O) groups excluding carboxylic acids is 2.